The number of aliphatic hydroxyl groups excluding tert-OH is 1. The Hall–Kier alpha value is -1.35. The third-order valence-corrected chi connectivity index (χ3v) is 3.64. The molecule has 0 unspecified atom stereocenters. The van der Waals surface area contributed by atoms with E-state index < -0.39 is 12.1 Å². The van der Waals surface area contributed by atoms with Gasteiger partial charge in [-0.2, -0.15) is 0 Å². The van der Waals surface area contributed by atoms with Crippen LogP contribution in [-0.4, -0.2) is 24.3 Å². The van der Waals surface area contributed by atoms with E-state index in [9.17, 15) is 9.90 Å². The molecule has 0 aromatic carbocycles. The highest BCUT2D eigenvalue weighted by molar-refractivity contribution is 5.88. The Morgan fingerprint density at radius 3 is 2.68 bits per heavy atom. The van der Waals surface area contributed by atoms with Gasteiger partial charge in [-0.15, -0.1) is 0 Å². The van der Waals surface area contributed by atoms with Crippen LogP contribution in [0.2, 0.25) is 0 Å². The fourth-order valence-corrected chi connectivity index (χ4v) is 2.36. The summed E-state index contributed by atoms with van der Waals surface area (Å²) in [5, 5.41) is 10.3. The van der Waals surface area contributed by atoms with Crippen molar-refractivity contribution in [3.05, 3.63) is 35.5 Å². The van der Waals surface area contributed by atoms with Crippen molar-refractivity contribution < 1.29 is 14.6 Å². The normalized spacial score (nSPS) is 30.5. The molecular formula is C16H24O3. The van der Waals surface area contributed by atoms with Crippen LogP contribution >= 0.6 is 0 Å². The number of aliphatic hydroxyl groups is 1. The van der Waals surface area contributed by atoms with E-state index in [-0.39, 0.29) is 5.92 Å². The molecule has 3 heteroatoms. The molecule has 1 N–H and O–H groups in total. The number of esters is 1. The van der Waals surface area contributed by atoms with Gasteiger partial charge < -0.3 is 9.84 Å². The quantitative estimate of drug-likeness (QED) is 0.473. The largest absolute Gasteiger partial charge is 0.466 e. The smallest absolute Gasteiger partial charge is 0.333 e. The van der Waals surface area contributed by atoms with E-state index in [1.165, 1.54) is 12.7 Å². The molecule has 2 atom stereocenters. The second-order valence-electron chi connectivity index (χ2n) is 5.25. The Kier molecular flexibility index (Phi) is 6.03. The van der Waals surface area contributed by atoms with Crippen LogP contribution in [-0.2, 0) is 9.53 Å². The number of methoxy groups -OCH3 is 1. The summed E-state index contributed by atoms with van der Waals surface area (Å²) in [5.74, 6) is -0.711. The summed E-state index contributed by atoms with van der Waals surface area (Å²) >= 11 is 0. The lowest BCUT2D eigenvalue weighted by Gasteiger charge is -2.23. The minimum atomic E-state index is -0.669. The molecule has 0 bridgehead atoms. The molecule has 0 radical (unpaired) electrons. The summed E-state index contributed by atoms with van der Waals surface area (Å²) < 4.78 is 4.71. The lowest BCUT2D eigenvalue weighted by molar-refractivity contribution is -0.137. The van der Waals surface area contributed by atoms with Crippen LogP contribution in [0.4, 0.5) is 0 Å². The fourth-order valence-electron chi connectivity index (χ4n) is 2.36. The highest BCUT2D eigenvalue weighted by atomic mass is 16.5. The van der Waals surface area contributed by atoms with Crippen LogP contribution in [0, 0.1) is 5.92 Å². The molecule has 1 aliphatic carbocycles. The molecular weight excluding hydrogens is 240 g/mol. The second kappa shape index (κ2) is 7.29. The maximum absolute atomic E-state index is 11.6. The molecule has 0 aromatic heterocycles. The van der Waals surface area contributed by atoms with Crippen LogP contribution in [0.3, 0.4) is 0 Å². The van der Waals surface area contributed by atoms with Gasteiger partial charge in [0.25, 0.3) is 0 Å². The van der Waals surface area contributed by atoms with Crippen LogP contribution in [0.15, 0.2) is 35.5 Å². The van der Waals surface area contributed by atoms with Crippen LogP contribution in [0.1, 0.15) is 39.5 Å². The van der Waals surface area contributed by atoms with E-state index in [2.05, 4.69) is 19.6 Å². The Morgan fingerprint density at radius 1 is 1.37 bits per heavy atom. The zero-order valence-electron chi connectivity index (χ0n) is 12.1. The van der Waals surface area contributed by atoms with E-state index >= 15 is 0 Å². The second-order valence-corrected chi connectivity index (χ2v) is 5.25. The summed E-state index contributed by atoms with van der Waals surface area (Å²) in [6.45, 7) is 7.89. The molecule has 0 amide bonds. The summed E-state index contributed by atoms with van der Waals surface area (Å²) in [6.07, 6.45) is 6.92. The SMILES string of the molecule is C=C(C(=O)OC)[C@H]1CC/C(C)=C/CC/C(C)=C/[C@H]1O. The highest BCUT2D eigenvalue weighted by Gasteiger charge is 2.25. The zero-order valence-corrected chi connectivity index (χ0v) is 12.1. The van der Waals surface area contributed by atoms with Crippen LogP contribution in [0.5, 0.6) is 0 Å². The highest BCUT2D eigenvalue weighted by Crippen LogP contribution is 2.26. The van der Waals surface area contributed by atoms with Gasteiger partial charge >= 0.3 is 5.97 Å². The topological polar surface area (TPSA) is 46.5 Å². The van der Waals surface area contributed by atoms with Gasteiger partial charge in [0.15, 0.2) is 0 Å². The van der Waals surface area contributed by atoms with Gasteiger partial charge in [0.05, 0.1) is 13.2 Å². The standard InChI is InChI=1S/C16H24O3/c1-11-6-5-7-12(2)10-15(17)14(9-8-11)13(3)16(18)19-4/h6,10,14-15,17H,3,5,7-9H2,1-2,4H3/b11-6+,12-10+/t14-,15-/m1/s1. The molecule has 0 saturated carbocycles. The van der Waals surface area contributed by atoms with Crippen molar-refractivity contribution in [3.63, 3.8) is 0 Å². The third kappa shape index (κ3) is 4.67. The molecule has 19 heavy (non-hydrogen) atoms. The molecule has 1 aliphatic rings. The summed E-state index contributed by atoms with van der Waals surface area (Å²) in [4.78, 5) is 11.6. The Balaban J connectivity index is 2.94. The molecule has 3 nitrogen and oxygen atoms in total. The first-order valence-corrected chi connectivity index (χ1v) is 6.73. The molecule has 0 aromatic rings. The van der Waals surface area contributed by atoms with E-state index in [1.54, 1.807) is 0 Å². The minimum absolute atomic E-state index is 0.274. The number of hydrogen-bond acceptors (Lipinski definition) is 3. The Labute approximate surface area is 115 Å². The van der Waals surface area contributed by atoms with Gasteiger partial charge in [-0.05, 0) is 39.5 Å². The van der Waals surface area contributed by atoms with Gasteiger partial charge in [0.2, 0.25) is 0 Å². The number of carbonyl (C=O) groups is 1. The number of rotatable bonds is 2. The maximum Gasteiger partial charge on any atom is 0.333 e. The predicted octanol–water partition coefficient (Wildman–Crippen LogP) is 3.16. The lowest BCUT2D eigenvalue weighted by atomic mass is 9.86. The van der Waals surface area contributed by atoms with E-state index in [4.69, 9.17) is 4.74 Å². The molecule has 0 heterocycles. The number of carbonyl (C=O) groups excluding carboxylic acids is 1. The van der Waals surface area contributed by atoms with E-state index in [0.717, 1.165) is 24.8 Å². The molecule has 1 rings (SSSR count). The average molecular weight is 264 g/mol. The average Bonchev–Trinajstić information content (AvgIpc) is 2.36. The number of ether oxygens (including phenoxy) is 1. The summed E-state index contributed by atoms with van der Waals surface area (Å²) in [7, 11) is 1.34. The van der Waals surface area contributed by atoms with Crippen molar-refractivity contribution in [3.8, 4) is 0 Å². The Bertz CT molecular complexity index is 404. The summed E-state index contributed by atoms with van der Waals surface area (Å²) in [6, 6.07) is 0. The number of hydrogen-bond donors (Lipinski definition) is 1. The summed E-state index contributed by atoms with van der Waals surface area (Å²) in [5.41, 5.74) is 2.79. The van der Waals surface area contributed by atoms with Crippen molar-refractivity contribution in [1.29, 1.82) is 0 Å². The Morgan fingerprint density at radius 2 is 2.05 bits per heavy atom. The molecule has 0 spiro atoms. The first kappa shape index (κ1) is 15.7. The predicted molar refractivity (Wildman–Crippen MR) is 76.6 cm³/mol. The zero-order chi connectivity index (χ0) is 14.4. The van der Waals surface area contributed by atoms with Gasteiger partial charge in [-0.25, -0.2) is 4.79 Å². The fraction of sp³-hybridized carbons (Fsp3) is 0.562. The monoisotopic (exact) mass is 264 g/mol. The lowest BCUT2D eigenvalue weighted by Crippen LogP contribution is -2.25. The molecule has 106 valence electrons. The third-order valence-electron chi connectivity index (χ3n) is 3.64. The van der Waals surface area contributed by atoms with E-state index in [0.29, 0.717) is 12.0 Å². The van der Waals surface area contributed by atoms with Gasteiger partial charge in [-0.1, -0.05) is 29.9 Å². The van der Waals surface area contributed by atoms with Crippen molar-refractivity contribution >= 4 is 5.97 Å². The maximum atomic E-state index is 11.6. The first-order valence-electron chi connectivity index (χ1n) is 6.73. The van der Waals surface area contributed by atoms with Gasteiger partial charge in [0.1, 0.15) is 0 Å². The van der Waals surface area contributed by atoms with Crippen molar-refractivity contribution in [2.75, 3.05) is 7.11 Å². The minimum Gasteiger partial charge on any atom is -0.466 e. The van der Waals surface area contributed by atoms with Crippen LogP contribution < -0.4 is 0 Å². The van der Waals surface area contributed by atoms with Gasteiger partial charge in [-0.3, -0.25) is 0 Å². The van der Waals surface area contributed by atoms with E-state index in [1.807, 2.05) is 13.0 Å². The molecule has 0 fully saturated rings. The van der Waals surface area contributed by atoms with Crippen molar-refractivity contribution in [2.45, 2.75) is 45.6 Å². The van der Waals surface area contributed by atoms with Gasteiger partial charge in [0, 0.05) is 11.5 Å². The molecule has 0 saturated heterocycles. The first-order chi connectivity index (χ1) is 8.95. The van der Waals surface area contributed by atoms with Crippen molar-refractivity contribution in [1.82, 2.24) is 0 Å². The molecule has 0 aliphatic heterocycles. The van der Waals surface area contributed by atoms with Crippen LogP contribution in [0.25, 0.3) is 0 Å². The van der Waals surface area contributed by atoms with Crippen molar-refractivity contribution in [2.24, 2.45) is 5.92 Å². The number of allylic oxidation sites excluding steroid dienone is 3.